The molecule has 2 amide bonds. The number of urea groups is 1. The zero-order chi connectivity index (χ0) is 17.8. The molecule has 128 valence electrons. The van der Waals surface area contributed by atoms with Gasteiger partial charge in [0.25, 0.3) is 0 Å². The third-order valence-electron chi connectivity index (χ3n) is 4.91. The first-order valence-corrected chi connectivity index (χ1v) is 8.86. The average molecular weight is 401 g/mol. The Kier molecular flexibility index (Phi) is 3.61. The number of nitrogens with one attached hydrogen (secondary N) is 1. The number of carbonyl (C=O) groups is 2. The van der Waals surface area contributed by atoms with Crippen molar-refractivity contribution >= 4 is 33.4 Å². The quantitative estimate of drug-likeness (QED) is 0.827. The topological polar surface area (TPSA) is 58.6 Å². The van der Waals surface area contributed by atoms with Gasteiger partial charge in [0.15, 0.2) is 5.72 Å². The maximum absolute atomic E-state index is 12.9. The van der Waals surface area contributed by atoms with Gasteiger partial charge in [-0.1, -0.05) is 34.1 Å². The Morgan fingerprint density at radius 3 is 2.64 bits per heavy atom. The van der Waals surface area contributed by atoms with Crippen LogP contribution in [0.2, 0.25) is 0 Å². The van der Waals surface area contributed by atoms with Crippen LogP contribution >= 0.6 is 15.9 Å². The van der Waals surface area contributed by atoms with Crippen molar-refractivity contribution < 1.29 is 14.3 Å². The number of anilines is 1. The van der Waals surface area contributed by atoms with Gasteiger partial charge >= 0.3 is 6.03 Å². The van der Waals surface area contributed by atoms with Gasteiger partial charge in [0.1, 0.15) is 17.5 Å². The molecule has 25 heavy (non-hydrogen) atoms. The van der Waals surface area contributed by atoms with E-state index >= 15 is 0 Å². The lowest BCUT2D eigenvalue weighted by Crippen LogP contribution is -2.71. The number of hydrogen-bond acceptors (Lipinski definition) is 3. The summed E-state index contributed by atoms with van der Waals surface area (Å²) in [5, 5.41) is 3.00. The number of fused-ring (bicyclic) bond motifs is 4. The minimum atomic E-state index is -1.10. The molecule has 6 heteroatoms. The number of ketones is 1. The lowest BCUT2D eigenvalue weighted by Gasteiger charge is -2.54. The van der Waals surface area contributed by atoms with Gasteiger partial charge in [0.2, 0.25) is 0 Å². The van der Waals surface area contributed by atoms with Gasteiger partial charge in [-0.25, -0.2) is 4.79 Å². The molecular weight excluding hydrogens is 384 g/mol. The molecule has 0 aliphatic carbocycles. The van der Waals surface area contributed by atoms with Crippen LogP contribution in [0.4, 0.5) is 10.5 Å². The summed E-state index contributed by atoms with van der Waals surface area (Å²) in [6.07, 6.45) is 0. The van der Waals surface area contributed by atoms with E-state index in [0.717, 1.165) is 10.0 Å². The van der Waals surface area contributed by atoms with Crippen LogP contribution in [-0.4, -0.2) is 17.5 Å². The largest absolute Gasteiger partial charge is 0.467 e. The summed E-state index contributed by atoms with van der Waals surface area (Å²) in [7, 11) is 0. The summed E-state index contributed by atoms with van der Waals surface area (Å²) in [5.74, 6) is 0.125. The first kappa shape index (κ1) is 16.1. The highest BCUT2D eigenvalue weighted by atomic mass is 79.9. The highest BCUT2D eigenvalue weighted by Crippen LogP contribution is 2.50. The molecule has 1 N–H and O–H groups in total. The number of benzene rings is 2. The second-order valence-electron chi connectivity index (χ2n) is 6.53. The fraction of sp³-hybridized carbons (Fsp3) is 0.263. The standard InChI is InChI=1S/C19H17BrN2O3/c1-11(23)16-17-14-10-12(20)8-9-15(14)25-19(16,2)22(18(24)21-17)13-6-4-3-5-7-13/h3-10,16-17H,1-2H3,(H,21,24). The van der Waals surface area contributed by atoms with Gasteiger partial charge in [-0.15, -0.1) is 0 Å². The van der Waals surface area contributed by atoms with Crippen LogP contribution in [-0.2, 0) is 4.79 Å². The molecule has 3 atom stereocenters. The van der Waals surface area contributed by atoms with Crippen LogP contribution in [0, 0.1) is 5.92 Å². The zero-order valence-corrected chi connectivity index (χ0v) is 15.4. The van der Waals surface area contributed by atoms with Crippen molar-refractivity contribution in [2.24, 2.45) is 5.92 Å². The van der Waals surface area contributed by atoms with Crippen molar-refractivity contribution in [3.63, 3.8) is 0 Å². The summed E-state index contributed by atoms with van der Waals surface area (Å²) in [6, 6.07) is 14.2. The second-order valence-corrected chi connectivity index (χ2v) is 7.44. The molecule has 3 unspecified atom stereocenters. The van der Waals surface area contributed by atoms with Crippen LogP contribution in [0.5, 0.6) is 5.75 Å². The van der Waals surface area contributed by atoms with Gasteiger partial charge in [0, 0.05) is 15.7 Å². The third-order valence-corrected chi connectivity index (χ3v) is 5.41. The minimum Gasteiger partial charge on any atom is -0.467 e. The van der Waals surface area contributed by atoms with Crippen molar-refractivity contribution in [2.75, 3.05) is 4.90 Å². The molecule has 0 saturated carbocycles. The third kappa shape index (κ3) is 2.35. The van der Waals surface area contributed by atoms with Crippen LogP contribution in [0.3, 0.4) is 0 Å². The van der Waals surface area contributed by atoms with Crippen LogP contribution in [0.25, 0.3) is 0 Å². The maximum Gasteiger partial charge on any atom is 0.325 e. The van der Waals surface area contributed by atoms with Gasteiger partial charge in [0.05, 0.1) is 6.04 Å². The molecule has 2 aromatic carbocycles. The van der Waals surface area contributed by atoms with E-state index in [1.54, 1.807) is 11.8 Å². The molecular formula is C19H17BrN2O3. The lowest BCUT2D eigenvalue weighted by atomic mass is 9.77. The number of rotatable bonds is 2. The Balaban J connectivity index is 1.92. The molecule has 0 spiro atoms. The first-order chi connectivity index (χ1) is 11.9. The SMILES string of the molecule is CC(=O)C1C2NC(=O)N(c3ccccc3)C1(C)Oc1ccc(Br)cc12. The normalized spacial score (nSPS) is 27.2. The van der Waals surface area contributed by atoms with Gasteiger partial charge in [-0.2, -0.15) is 0 Å². The zero-order valence-electron chi connectivity index (χ0n) is 13.8. The first-order valence-electron chi connectivity index (χ1n) is 8.06. The molecule has 1 fully saturated rings. The van der Waals surface area contributed by atoms with Gasteiger partial charge < -0.3 is 10.1 Å². The van der Waals surface area contributed by atoms with E-state index < -0.39 is 17.7 Å². The van der Waals surface area contributed by atoms with Crippen LogP contribution in [0.1, 0.15) is 25.5 Å². The van der Waals surface area contributed by atoms with E-state index in [9.17, 15) is 9.59 Å². The van der Waals surface area contributed by atoms with Crippen LogP contribution in [0.15, 0.2) is 53.0 Å². The Morgan fingerprint density at radius 2 is 1.96 bits per heavy atom. The van der Waals surface area contributed by atoms with Crippen molar-refractivity contribution in [3.05, 3.63) is 58.6 Å². The lowest BCUT2D eigenvalue weighted by molar-refractivity contribution is -0.131. The van der Waals surface area contributed by atoms with Crippen LogP contribution < -0.4 is 15.0 Å². The van der Waals surface area contributed by atoms with E-state index in [4.69, 9.17) is 4.74 Å². The summed E-state index contributed by atoms with van der Waals surface area (Å²) in [5.41, 5.74) is 0.405. The highest BCUT2D eigenvalue weighted by molar-refractivity contribution is 9.10. The summed E-state index contributed by atoms with van der Waals surface area (Å²) >= 11 is 3.45. The number of nitrogens with zero attached hydrogens (tertiary/aromatic N) is 1. The molecule has 5 nitrogen and oxygen atoms in total. The second kappa shape index (κ2) is 5.59. The molecule has 2 aromatic rings. The average Bonchev–Trinajstić information content (AvgIpc) is 2.55. The van der Waals surface area contributed by atoms with Crippen molar-refractivity contribution in [1.29, 1.82) is 0 Å². The van der Waals surface area contributed by atoms with Gasteiger partial charge in [-0.3, -0.25) is 9.69 Å². The summed E-state index contributed by atoms with van der Waals surface area (Å²) in [6.45, 7) is 3.35. The summed E-state index contributed by atoms with van der Waals surface area (Å²) < 4.78 is 7.16. The summed E-state index contributed by atoms with van der Waals surface area (Å²) in [4.78, 5) is 27.0. The minimum absolute atomic E-state index is 0.0287. The van der Waals surface area contributed by atoms with E-state index in [-0.39, 0.29) is 11.8 Å². The number of para-hydroxylation sites is 1. The fourth-order valence-electron chi connectivity index (χ4n) is 3.94. The Morgan fingerprint density at radius 1 is 1.24 bits per heavy atom. The fourth-order valence-corrected chi connectivity index (χ4v) is 4.32. The number of hydrogen-bond donors (Lipinski definition) is 1. The molecule has 2 bridgehead atoms. The van der Waals surface area contributed by atoms with Crippen molar-refractivity contribution in [2.45, 2.75) is 25.6 Å². The number of ether oxygens (including phenoxy) is 1. The Labute approximate surface area is 154 Å². The predicted molar refractivity (Wildman–Crippen MR) is 97.5 cm³/mol. The molecule has 0 aromatic heterocycles. The molecule has 2 heterocycles. The van der Waals surface area contributed by atoms with Crippen molar-refractivity contribution in [3.8, 4) is 5.75 Å². The Hall–Kier alpha value is -2.34. The molecule has 4 rings (SSSR count). The Bertz CT molecular complexity index is 870. The van der Waals surface area contributed by atoms with E-state index in [0.29, 0.717) is 11.4 Å². The maximum atomic E-state index is 12.9. The molecule has 2 aliphatic heterocycles. The smallest absolute Gasteiger partial charge is 0.325 e. The number of halogens is 1. The molecule has 0 radical (unpaired) electrons. The van der Waals surface area contributed by atoms with Crippen molar-refractivity contribution in [1.82, 2.24) is 5.32 Å². The highest BCUT2D eigenvalue weighted by Gasteiger charge is 2.59. The number of carbonyl (C=O) groups excluding carboxylic acids is 2. The monoisotopic (exact) mass is 400 g/mol. The predicted octanol–water partition coefficient (Wildman–Crippen LogP) is 4.03. The molecule has 2 aliphatic rings. The van der Waals surface area contributed by atoms with E-state index in [2.05, 4.69) is 21.2 Å². The van der Waals surface area contributed by atoms with Gasteiger partial charge in [-0.05, 0) is 44.2 Å². The molecule has 1 saturated heterocycles. The van der Waals surface area contributed by atoms with E-state index in [1.807, 2.05) is 55.5 Å². The van der Waals surface area contributed by atoms with E-state index in [1.165, 1.54) is 0 Å². The number of amides is 2. The number of Topliss-reactive ketones (excluding diaryl/α,β-unsaturated/α-hetero) is 1.